The Morgan fingerprint density at radius 1 is 0.921 bits per heavy atom. The molecule has 2 aromatic carbocycles. The maximum atomic E-state index is 13.5. The summed E-state index contributed by atoms with van der Waals surface area (Å²) in [6.45, 7) is 7.88. The van der Waals surface area contributed by atoms with E-state index < -0.39 is 43.9 Å². The van der Waals surface area contributed by atoms with E-state index in [1.54, 1.807) is 18.2 Å². The molecule has 0 saturated heterocycles. The summed E-state index contributed by atoms with van der Waals surface area (Å²) in [5.41, 5.74) is 2.31. The molecule has 0 aliphatic rings. The van der Waals surface area contributed by atoms with Crippen molar-refractivity contribution in [1.29, 1.82) is 0 Å². The number of halogens is 6. The number of benzene rings is 2. The summed E-state index contributed by atoms with van der Waals surface area (Å²) >= 11 is 0. The minimum atomic E-state index is -5.00. The van der Waals surface area contributed by atoms with E-state index in [4.69, 9.17) is 0 Å². The number of nitrogens with one attached hydrogen (secondary N) is 1. The van der Waals surface area contributed by atoms with E-state index in [9.17, 15) is 31.1 Å². The monoisotopic (exact) mass is 548 g/mol. The first-order valence-corrected chi connectivity index (χ1v) is 15.1. The minimum absolute atomic E-state index is 0.0254. The van der Waals surface area contributed by atoms with Crippen LogP contribution in [0, 0.1) is 18.4 Å². The van der Waals surface area contributed by atoms with Gasteiger partial charge < -0.3 is 5.32 Å². The van der Waals surface area contributed by atoms with Crippen LogP contribution in [0.15, 0.2) is 48.5 Å². The van der Waals surface area contributed by atoms with Gasteiger partial charge in [0, 0.05) is 13.5 Å². The Balaban J connectivity index is 2.35. The van der Waals surface area contributed by atoms with Gasteiger partial charge in [-0.15, -0.1) is 5.54 Å². The molecular weight excluding hydrogens is 522 g/mol. The quantitative estimate of drug-likeness (QED) is 0.212. The Labute approximate surface area is 218 Å². The van der Waals surface area contributed by atoms with Crippen molar-refractivity contribution in [3.63, 3.8) is 0 Å². The Hall–Kier alpha value is -3.58. The third-order valence-corrected chi connectivity index (χ3v) is 6.44. The first-order chi connectivity index (χ1) is 17.5. The second kappa shape index (κ2) is 10.7. The molecule has 0 unspecified atom stereocenters. The Morgan fingerprint density at radius 3 is 2.00 bits per heavy atom. The highest BCUT2D eigenvalue weighted by molar-refractivity contribution is 6.83. The van der Waals surface area contributed by atoms with Crippen LogP contribution >= 0.6 is 0 Å². The second-order valence-electron chi connectivity index (χ2n) is 9.86. The summed E-state index contributed by atoms with van der Waals surface area (Å²) in [5.74, 6) is 2.43. The van der Waals surface area contributed by atoms with E-state index in [1.165, 1.54) is 7.05 Å². The summed E-state index contributed by atoms with van der Waals surface area (Å²) in [6, 6.07) is 10.2. The predicted molar refractivity (Wildman–Crippen MR) is 137 cm³/mol. The van der Waals surface area contributed by atoms with Crippen molar-refractivity contribution < 1.29 is 31.1 Å². The average Bonchev–Trinajstić information content (AvgIpc) is 2.80. The molecule has 200 valence electrons. The van der Waals surface area contributed by atoms with E-state index in [1.807, 2.05) is 38.7 Å². The number of rotatable bonds is 4. The Kier molecular flexibility index (Phi) is 8.12. The number of carbonyl (C=O) groups is 1. The van der Waals surface area contributed by atoms with Crippen LogP contribution in [0.3, 0.4) is 0 Å². The molecule has 3 aromatic rings. The second-order valence-corrected chi connectivity index (χ2v) is 14.6. The van der Waals surface area contributed by atoms with Gasteiger partial charge in [0.2, 0.25) is 0 Å². The van der Waals surface area contributed by atoms with Crippen LogP contribution in [0.5, 0.6) is 0 Å². The summed E-state index contributed by atoms with van der Waals surface area (Å²) in [4.78, 5) is 17.5. The van der Waals surface area contributed by atoms with Crippen LogP contribution in [0.4, 0.5) is 26.3 Å². The first kappa shape index (κ1) is 29.0. The zero-order valence-corrected chi connectivity index (χ0v) is 22.4. The highest BCUT2D eigenvalue weighted by atomic mass is 28.3. The van der Waals surface area contributed by atoms with Crippen molar-refractivity contribution >= 4 is 14.0 Å². The molecule has 1 heterocycles. The Bertz CT molecular complexity index is 1390. The third kappa shape index (κ3) is 7.04. The molecule has 0 saturated carbocycles. The highest BCUT2D eigenvalue weighted by Crippen LogP contribution is 2.37. The van der Waals surface area contributed by atoms with Crippen LogP contribution < -0.4 is 5.32 Å². The molecule has 0 fully saturated rings. The maximum absolute atomic E-state index is 13.5. The fraction of sp³-hybridized carbons (Fsp3) is 0.286. The van der Waals surface area contributed by atoms with Crippen molar-refractivity contribution in [2.75, 3.05) is 7.05 Å². The zero-order chi connectivity index (χ0) is 28.5. The summed E-state index contributed by atoms with van der Waals surface area (Å²) < 4.78 is 80.9. The lowest BCUT2D eigenvalue weighted by Crippen LogP contribution is -2.22. The van der Waals surface area contributed by atoms with E-state index >= 15 is 0 Å². The normalized spacial score (nSPS) is 12.1. The summed E-state index contributed by atoms with van der Waals surface area (Å²) in [5, 5.41) is 2.52. The van der Waals surface area contributed by atoms with Crippen LogP contribution in [0.2, 0.25) is 19.6 Å². The third-order valence-electron chi connectivity index (χ3n) is 5.57. The molecule has 0 spiro atoms. The fourth-order valence-electron chi connectivity index (χ4n) is 3.82. The van der Waals surface area contributed by atoms with Gasteiger partial charge in [0.1, 0.15) is 13.8 Å². The predicted octanol–water partition coefficient (Wildman–Crippen LogP) is 7.27. The average molecular weight is 549 g/mol. The van der Waals surface area contributed by atoms with Gasteiger partial charge in [0.15, 0.2) is 0 Å². The molecule has 38 heavy (non-hydrogen) atoms. The number of carbonyl (C=O) groups excluding carboxylic acids is 1. The first-order valence-electron chi connectivity index (χ1n) is 11.6. The molecule has 1 N–H and O–H groups in total. The molecule has 1 amide bonds. The zero-order valence-electron chi connectivity index (χ0n) is 21.4. The molecule has 0 aliphatic heterocycles. The van der Waals surface area contributed by atoms with Crippen LogP contribution in [-0.4, -0.2) is 26.0 Å². The molecule has 10 heteroatoms. The van der Waals surface area contributed by atoms with E-state index in [0.717, 1.165) is 5.56 Å². The Morgan fingerprint density at radius 2 is 1.50 bits per heavy atom. The topological polar surface area (TPSA) is 42.0 Å². The van der Waals surface area contributed by atoms with Gasteiger partial charge >= 0.3 is 12.4 Å². The maximum Gasteiger partial charge on any atom is 0.416 e. The van der Waals surface area contributed by atoms with Crippen LogP contribution in [0.1, 0.15) is 44.0 Å². The number of hydrogen-bond donors (Lipinski definition) is 1. The fourth-order valence-corrected chi connectivity index (χ4v) is 4.33. The van der Waals surface area contributed by atoms with E-state index in [-0.39, 0.29) is 28.6 Å². The van der Waals surface area contributed by atoms with E-state index in [2.05, 4.69) is 21.8 Å². The van der Waals surface area contributed by atoms with Crippen molar-refractivity contribution in [1.82, 2.24) is 10.3 Å². The summed E-state index contributed by atoms with van der Waals surface area (Å²) in [7, 11) is -0.481. The number of aromatic nitrogens is 1. The lowest BCUT2D eigenvalue weighted by atomic mass is 9.91. The number of pyridine rings is 1. The van der Waals surface area contributed by atoms with Gasteiger partial charge in [0.25, 0.3) is 5.91 Å². The van der Waals surface area contributed by atoms with Gasteiger partial charge in [-0.25, -0.2) is 4.98 Å². The van der Waals surface area contributed by atoms with Crippen molar-refractivity contribution in [2.24, 2.45) is 0 Å². The number of nitrogens with zero attached hydrogens (tertiary/aromatic N) is 1. The lowest BCUT2D eigenvalue weighted by Gasteiger charge is -2.18. The molecule has 0 bridgehead atoms. The molecule has 1 aromatic heterocycles. The molecular formula is C28H26F6N2OSi. The molecule has 3 nitrogen and oxygen atoms in total. The summed E-state index contributed by atoms with van der Waals surface area (Å²) in [6.07, 6.45) is -10.4. The largest absolute Gasteiger partial charge is 0.416 e. The lowest BCUT2D eigenvalue weighted by molar-refractivity contribution is -0.143. The van der Waals surface area contributed by atoms with Crippen molar-refractivity contribution in [2.45, 2.75) is 45.3 Å². The van der Waals surface area contributed by atoms with Crippen LogP contribution in [0.25, 0.3) is 11.1 Å². The molecule has 0 radical (unpaired) electrons. The number of amides is 1. The number of hydrogen-bond acceptors (Lipinski definition) is 2. The highest BCUT2D eigenvalue weighted by Gasteiger charge is 2.37. The van der Waals surface area contributed by atoms with Gasteiger partial charge in [-0.2, -0.15) is 26.3 Å². The van der Waals surface area contributed by atoms with Gasteiger partial charge in [-0.05, 0) is 53.4 Å². The standard InChI is InChI=1S/C28H26F6N2OSi/c1-17-8-6-7-9-22(17)23-16-21(10-11-38(3,4)5)36-24(25(23)26(37)35-2)14-18-12-19(27(29,30)31)15-20(13-18)28(32,33)34/h6-9,12-13,15-16H,14H2,1-5H3,(H,35,37). The van der Waals surface area contributed by atoms with Gasteiger partial charge in [-0.1, -0.05) is 49.8 Å². The number of alkyl halides is 6. The van der Waals surface area contributed by atoms with Crippen LogP contribution in [-0.2, 0) is 18.8 Å². The van der Waals surface area contributed by atoms with E-state index in [0.29, 0.717) is 23.3 Å². The molecule has 0 atom stereocenters. The van der Waals surface area contributed by atoms with Gasteiger partial charge in [-0.3, -0.25) is 4.79 Å². The SMILES string of the molecule is CNC(=O)c1c(-c2ccccc2C)cc(C#C[Si](C)(C)C)nc1Cc1cc(C(F)(F)F)cc(C(F)(F)F)c1. The molecule has 3 rings (SSSR count). The van der Waals surface area contributed by atoms with Crippen molar-refractivity contribution in [3.8, 4) is 22.6 Å². The number of aryl methyl sites for hydroxylation is 1. The smallest absolute Gasteiger partial charge is 0.355 e. The molecule has 0 aliphatic carbocycles. The minimum Gasteiger partial charge on any atom is -0.355 e. The van der Waals surface area contributed by atoms with Crippen molar-refractivity contribution in [3.05, 3.63) is 87.7 Å². The van der Waals surface area contributed by atoms with Gasteiger partial charge in [0.05, 0.1) is 22.4 Å².